The van der Waals surface area contributed by atoms with Crippen molar-refractivity contribution >= 4 is 5.97 Å². The van der Waals surface area contributed by atoms with E-state index in [1.54, 1.807) is 0 Å². The number of carbonyl (C=O) groups excluding carboxylic acids is 1. The smallest absolute Gasteiger partial charge is 0.312 e. The molecule has 0 radical (unpaired) electrons. The van der Waals surface area contributed by atoms with Crippen molar-refractivity contribution in [1.29, 1.82) is 0 Å². The average Bonchev–Trinajstić information content (AvgIpc) is 3.06. The quantitative estimate of drug-likeness (QED) is 0.555. The van der Waals surface area contributed by atoms with E-state index in [0.29, 0.717) is 18.3 Å². The molecule has 18 heavy (non-hydrogen) atoms. The maximum absolute atomic E-state index is 12.4. The normalized spacial score (nSPS) is 53.1. The molecule has 0 aromatic rings. The van der Waals surface area contributed by atoms with Gasteiger partial charge in [-0.25, -0.2) is 0 Å². The van der Waals surface area contributed by atoms with E-state index in [2.05, 4.69) is 0 Å². The van der Waals surface area contributed by atoms with Crippen LogP contribution in [-0.4, -0.2) is 36.5 Å². The summed E-state index contributed by atoms with van der Waals surface area (Å²) in [5, 5.41) is 0. The van der Waals surface area contributed by atoms with Crippen LogP contribution in [0.15, 0.2) is 0 Å². The Morgan fingerprint density at radius 2 is 2.00 bits per heavy atom. The van der Waals surface area contributed by atoms with Gasteiger partial charge in [-0.2, -0.15) is 0 Å². The van der Waals surface area contributed by atoms with Crippen molar-refractivity contribution < 1.29 is 19.0 Å². The molecule has 3 aliphatic heterocycles. The standard InChI is InChI=1S/C14H20O4/c1-14(5-4-10-12(7-14)17-10)13(15)18-9-3-2-8-6-11(9)16-8/h8-12H,2-7H2,1H3. The van der Waals surface area contributed by atoms with Crippen molar-refractivity contribution in [2.75, 3.05) is 0 Å². The first-order chi connectivity index (χ1) is 8.64. The Kier molecular flexibility index (Phi) is 2.31. The summed E-state index contributed by atoms with van der Waals surface area (Å²) >= 11 is 0. The largest absolute Gasteiger partial charge is 0.459 e. The summed E-state index contributed by atoms with van der Waals surface area (Å²) in [4.78, 5) is 12.4. The van der Waals surface area contributed by atoms with E-state index in [9.17, 15) is 4.79 Å². The zero-order valence-corrected chi connectivity index (χ0v) is 10.8. The third-order valence-electron chi connectivity index (χ3n) is 5.12. The number of rotatable bonds is 2. The van der Waals surface area contributed by atoms with E-state index >= 15 is 0 Å². The molecule has 5 rings (SSSR count). The van der Waals surface area contributed by atoms with Crippen LogP contribution in [0.2, 0.25) is 0 Å². The van der Waals surface area contributed by atoms with E-state index < -0.39 is 0 Å². The first-order valence-corrected chi connectivity index (χ1v) is 7.16. The first-order valence-electron chi connectivity index (χ1n) is 7.16. The molecule has 0 aromatic heterocycles. The molecule has 0 spiro atoms. The molecule has 0 amide bonds. The van der Waals surface area contributed by atoms with Crippen LogP contribution < -0.4 is 0 Å². The zero-order valence-electron chi connectivity index (χ0n) is 10.8. The third kappa shape index (κ3) is 1.69. The van der Waals surface area contributed by atoms with Gasteiger partial charge in [-0.05, 0) is 39.0 Å². The lowest BCUT2D eigenvalue weighted by molar-refractivity contribution is -0.225. The fourth-order valence-electron chi connectivity index (χ4n) is 3.68. The Labute approximate surface area is 107 Å². The predicted octanol–water partition coefficient (Wildman–Crippen LogP) is 1.81. The second kappa shape index (κ2) is 3.70. The molecule has 3 saturated heterocycles. The molecule has 2 saturated carbocycles. The van der Waals surface area contributed by atoms with Crippen LogP contribution in [0, 0.1) is 5.41 Å². The summed E-state index contributed by atoms with van der Waals surface area (Å²) in [6.45, 7) is 2.03. The Bertz CT molecular complexity index is 373. The highest BCUT2D eigenvalue weighted by Crippen LogP contribution is 2.47. The molecule has 0 N–H and O–H groups in total. The number of esters is 1. The molecule has 5 fully saturated rings. The van der Waals surface area contributed by atoms with Crippen LogP contribution in [0.5, 0.6) is 0 Å². The highest BCUT2D eigenvalue weighted by atomic mass is 16.6. The lowest BCUT2D eigenvalue weighted by Gasteiger charge is -2.46. The van der Waals surface area contributed by atoms with Crippen molar-refractivity contribution in [1.82, 2.24) is 0 Å². The lowest BCUT2D eigenvalue weighted by atomic mass is 9.75. The summed E-state index contributed by atoms with van der Waals surface area (Å²) in [5.41, 5.74) is -0.335. The maximum atomic E-state index is 12.4. The van der Waals surface area contributed by atoms with Gasteiger partial charge in [-0.3, -0.25) is 4.79 Å². The summed E-state index contributed by atoms with van der Waals surface area (Å²) in [6.07, 6.45) is 7.16. The van der Waals surface area contributed by atoms with Gasteiger partial charge >= 0.3 is 5.97 Å². The number of hydrogen-bond donors (Lipinski definition) is 0. The number of carbonyl (C=O) groups is 1. The van der Waals surface area contributed by atoms with Crippen LogP contribution >= 0.6 is 0 Å². The minimum absolute atomic E-state index is 0.00262. The molecule has 5 aliphatic rings. The molecule has 3 heterocycles. The van der Waals surface area contributed by atoms with E-state index in [0.717, 1.165) is 38.5 Å². The van der Waals surface area contributed by atoms with Gasteiger partial charge in [0.1, 0.15) is 6.10 Å². The number of hydrogen-bond acceptors (Lipinski definition) is 4. The molecule has 2 aliphatic carbocycles. The van der Waals surface area contributed by atoms with Gasteiger partial charge in [0.15, 0.2) is 0 Å². The molecule has 2 bridgehead atoms. The molecular formula is C14H20O4. The molecule has 4 heteroatoms. The Hall–Kier alpha value is -0.610. The van der Waals surface area contributed by atoms with Crippen LogP contribution in [0.3, 0.4) is 0 Å². The summed E-state index contributed by atoms with van der Waals surface area (Å²) < 4.78 is 16.9. The number of fused-ring (bicyclic) bond motifs is 3. The Morgan fingerprint density at radius 1 is 1.17 bits per heavy atom. The third-order valence-corrected chi connectivity index (χ3v) is 5.12. The van der Waals surface area contributed by atoms with Gasteiger partial charge in [0.2, 0.25) is 0 Å². The SMILES string of the molecule is CC1(C(=O)OC2CCC3CC2O3)CCC2OC2C1. The average molecular weight is 252 g/mol. The van der Waals surface area contributed by atoms with Gasteiger partial charge in [-0.15, -0.1) is 0 Å². The number of ether oxygens (including phenoxy) is 3. The van der Waals surface area contributed by atoms with Crippen LogP contribution in [-0.2, 0) is 19.0 Å². The molecule has 0 aromatic carbocycles. The summed E-state index contributed by atoms with van der Waals surface area (Å²) in [6, 6.07) is 0. The minimum Gasteiger partial charge on any atom is -0.459 e. The van der Waals surface area contributed by atoms with Gasteiger partial charge < -0.3 is 14.2 Å². The molecular weight excluding hydrogens is 232 g/mol. The highest BCUT2D eigenvalue weighted by molar-refractivity contribution is 5.77. The molecule has 6 atom stereocenters. The maximum Gasteiger partial charge on any atom is 0.312 e. The molecule has 6 unspecified atom stereocenters. The monoisotopic (exact) mass is 252 g/mol. The van der Waals surface area contributed by atoms with Crippen molar-refractivity contribution in [2.24, 2.45) is 5.41 Å². The second-order valence-electron chi connectivity index (χ2n) is 6.57. The molecule has 4 nitrogen and oxygen atoms in total. The van der Waals surface area contributed by atoms with Crippen molar-refractivity contribution in [3.8, 4) is 0 Å². The van der Waals surface area contributed by atoms with Crippen LogP contribution in [0.25, 0.3) is 0 Å². The van der Waals surface area contributed by atoms with Gasteiger partial charge in [0, 0.05) is 6.42 Å². The van der Waals surface area contributed by atoms with E-state index in [4.69, 9.17) is 14.2 Å². The van der Waals surface area contributed by atoms with Crippen molar-refractivity contribution in [3.63, 3.8) is 0 Å². The van der Waals surface area contributed by atoms with E-state index in [-0.39, 0.29) is 23.6 Å². The summed E-state index contributed by atoms with van der Waals surface area (Å²) in [5.74, 6) is -0.0320. The zero-order chi connectivity index (χ0) is 12.3. The highest BCUT2D eigenvalue weighted by Gasteiger charge is 2.53. The van der Waals surface area contributed by atoms with Crippen molar-refractivity contribution in [3.05, 3.63) is 0 Å². The Morgan fingerprint density at radius 3 is 2.67 bits per heavy atom. The first kappa shape index (κ1) is 11.2. The fraction of sp³-hybridized carbons (Fsp3) is 0.929. The van der Waals surface area contributed by atoms with Crippen LogP contribution in [0.4, 0.5) is 0 Å². The topological polar surface area (TPSA) is 48.1 Å². The molecule has 100 valence electrons. The van der Waals surface area contributed by atoms with Crippen LogP contribution in [0.1, 0.15) is 45.4 Å². The predicted molar refractivity (Wildman–Crippen MR) is 63.0 cm³/mol. The number of epoxide rings is 1. The second-order valence-corrected chi connectivity index (χ2v) is 6.57. The minimum atomic E-state index is -0.335. The van der Waals surface area contributed by atoms with Crippen molar-refractivity contribution in [2.45, 2.75) is 76.0 Å². The summed E-state index contributed by atoms with van der Waals surface area (Å²) in [7, 11) is 0. The Balaban J connectivity index is 1.39. The van der Waals surface area contributed by atoms with E-state index in [1.165, 1.54) is 0 Å². The van der Waals surface area contributed by atoms with E-state index in [1.807, 2.05) is 6.92 Å². The van der Waals surface area contributed by atoms with Gasteiger partial charge in [0.25, 0.3) is 0 Å². The fourth-order valence-corrected chi connectivity index (χ4v) is 3.68. The lowest BCUT2D eigenvalue weighted by Crippen LogP contribution is -2.53. The van der Waals surface area contributed by atoms with Gasteiger partial charge in [0.05, 0.1) is 29.8 Å². The van der Waals surface area contributed by atoms with Gasteiger partial charge in [-0.1, -0.05) is 0 Å².